The summed E-state index contributed by atoms with van der Waals surface area (Å²) in [6.45, 7) is 9.07. The quantitative estimate of drug-likeness (QED) is 0.171. The number of nitrogen functional groups attached to an aromatic ring is 1. The number of aliphatic hydroxyl groups excluding tert-OH is 1. The van der Waals surface area contributed by atoms with Crippen molar-refractivity contribution in [1.82, 2.24) is 20.4 Å². The highest BCUT2D eigenvalue weighted by molar-refractivity contribution is 9.11. The summed E-state index contributed by atoms with van der Waals surface area (Å²) >= 11 is 6.86. The summed E-state index contributed by atoms with van der Waals surface area (Å²) in [6, 6.07) is 7.70. The Hall–Kier alpha value is -2.14. The Balaban J connectivity index is 0.000000155. The second kappa shape index (κ2) is 9.78. The maximum Gasteiger partial charge on any atom is 0.0860 e. The van der Waals surface area contributed by atoms with E-state index in [9.17, 15) is 5.11 Å². The van der Waals surface area contributed by atoms with Gasteiger partial charge in [0.2, 0.25) is 0 Å². The fourth-order valence-electron chi connectivity index (χ4n) is 2.70. The van der Waals surface area contributed by atoms with Crippen molar-refractivity contribution in [2.24, 2.45) is 0 Å². The molecule has 6 N–H and O–H groups in total. The van der Waals surface area contributed by atoms with Crippen molar-refractivity contribution < 1.29 is 9.84 Å². The number of benzene rings is 2. The number of hydrogen-bond acceptors (Lipinski definition) is 6. The van der Waals surface area contributed by atoms with E-state index in [-0.39, 0.29) is 17.7 Å². The van der Waals surface area contributed by atoms with Gasteiger partial charge in [-0.2, -0.15) is 10.2 Å². The van der Waals surface area contributed by atoms with Crippen LogP contribution < -0.4 is 11.1 Å². The number of epoxide rings is 1. The molecule has 0 atom stereocenters. The smallest absolute Gasteiger partial charge is 0.0860 e. The van der Waals surface area contributed by atoms with Crippen LogP contribution in [0.1, 0.15) is 27.7 Å². The number of ether oxygens (including phenoxy) is 1. The highest BCUT2D eigenvalue weighted by Crippen LogP contribution is 2.28. The number of halogens is 2. The molecule has 5 rings (SSSR count). The van der Waals surface area contributed by atoms with Crippen LogP contribution in [0.5, 0.6) is 0 Å². The van der Waals surface area contributed by atoms with E-state index >= 15 is 0 Å². The maximum atomic E-state index is 9.21. The zero-order chi connectivity index (χ0) is 23.5. The minimum Gasteiger partial charge on any atom is -0.399 e. The van der Waals surface area contributed by atoms with E-state index in [0.29, 0.717) is 0 Å². The lowest BCUT2D eigenvalue weighted by atomic mass is 10.1. The summed E-state index contributed by atoms with van der Waals surface area (Å²) in [4.78, 5) is 0. The molecule has 1 saturated heterocycles. The van der Waals surface area contributed by atoms with Crippen LogP contribution in [0.4, 0.5) is 11.4 Å². The molecule has 8 nitrogen and oxygen atoms in total. The van der Waals surface area contributed by atoms with Gasteiger partial charge in [-0.25, -0.2) is 0 Å². The van der Waals surface area contributed by atoms with Crippen molar-refractivity contribution in [3.05, 3.63) is 45.6 Å². The highest BCUT2D eigenvalue weighted by Gasteiger charge is 2.32. The second-order valence-corrected chi connectivity index (χ2v) is 10.6. The lowest BCUT2D eigenvalue weighted by Gasteiger charge is -2.25. The number of hydrogen-bond donors (Lipinski definition) is 5. The predicted octanol–water partition coefficient (Wildman–Crippen LogP) is 5.21. The van der Waals surface area contributed by atoms with Crippen LogP contribution >= 0.6 is 31.9 Å². The number of rotatable bonds is 3. The topological polar surface area (TPSA) is 128 Å². The Morgan fingerprint density at radius 1 is 1.06 bits per heavy atom. The van der Waals surface area contributed by atoms with Crippen molar-refractivity contribution in [2.45, 2.75) is 38.8 Å². The zero-order valence-corrected chi connectivity index (χ0v) is 21.6. The van der Waals surface area contributed by atoms with Crippen molar-refractivity contribution in [3.63, 3.8) is 0 Å². The third kappa shape index (κ3) is 6.68. The van der Waals surface area contributed by atoms with Crippen molar-refractivity contribution in [2.75, 3.05) is 24.3 Å². The average Bonchev–Trinajstić information content (AvgIpc) is 3.12. The highest BCUT2D eigenvalue weighted by atomic mass is 79.9. The van der Waals surface area contributed by atoms with Gasteiger partial charge >= 0.3 is 0 Å². The van der Waals surface area contributed by atoms with E-state index in [1.54, 1.807) is 12.4 Å². The number of H-pyrrole nitrogens is 2. The standard InChI is InChI=1S/C11H14BrN3O.C7H6BrN3.C4H8O/c1-11(2,6-16)14-8-3-7-5-13-15-10(7)9(12)4-8;8-6-2-5(9)1-4-3-10-11-7(4)6;1-4(2)3-5-4/h3-5,14,16H,6H2,1-2H3,(H,13,15);1-3H,9H2,(H,10,11);3H2,1-2H3. The van der Waals surface area contributed by atoms with Crippen LogP contribution in [0.3, 0.4) is 0 Å². The number of nitrogens with two attached hydrogens (primary N) is 1. The van der Waals surface area contributed by atoms with Crippen molar-refractivity contribution >= 4 is 65.0 Å². The third-order valence-electron chi connectivity index (χ3n) is 4.62. The second-order valence-electron chi connectivity index (χ2n) is 8.84. The molecule has 0 amide bonds. The molecule has 3 heterocycles. The fourth-order valence-corrected chi connectivity index (χ4v) is 3.84. The summed E-state index contributed by atoms with van der Waals surface area (Å²) in [6.07, 6.45) is 3.52. The van der Waals surface area contributed by atoms with Gasteiger partial charge in [0.1, 0.15) is 0 Å². The largest absolute Gasteiger partial charge is 0.399 e. The SMILES string of the molecule is CC(C)(CO)Nc1cc(Br)c2[nH]ncc2c1.CC1(C)CO1.Nc1cc(Br)c2[nH]ncc2c1. The molecular weight excluding hydrogens is 540 g/mol. The summed E-state index contributed by atoms with van der Waals surface area (Å²) in [5.74, 6) is 0. The Labute approximate surface area is 203 Å². The van der Waals surface area contributed by atoms with E-state index < -0.39 is 0 Å². The number of aromatic nitrogens is 4. The van der Waals surface area contributed by atoms with E-state index in [1.165, 1.54) is 0 Å². The molecule has 10 heteroatoms. The molecule has 0 radical (unpaired) electrons. The molecule has 1 fully saturated rings. The lowest BCUT2D eigenvalue weighted by molar-refractivity contribution is 0.234. The first-order valence-corrected chi connectivity index (χ1v) is 11.6. The Kier molecular flexibility index (Phi) is 7.49. The summed E-state index contributed by atoms with van der Waals surface area (Å²) in [5.41, 5.74) is 9.19. The van der Waals surface area contributed by atoms with E-state index in [0.717, 1.165) is 48.7 Å². The molecule has 0 aliphatic carbocycles. The van der Waals surface area contributed by atoms with Crippen molar-refractivity contribution in [3.8, 4) is 0 Å². The zero-order valence-electron chi connectivity index (χ0n) is 18.5. The first-order valence-electron chi connectivity index (χ1n) is 10.0. The molecule has 0 bridgehead atoms. The molecule has 2 aromatic heterocycles. The van der Waals surface area contributed by atoms with Crippen molar-refractivity contribution in [1.29, 1.82) is 0 Å². The number of aliphatic hydroxyl groups is 1. The average molecular weight is 568 g/mol. The van der Waals surface area contributed by atoms with Gasteiger partial charge in [-0.1, -0.05) is 0 Å². The minimum absolute atomic E-state index is 0.0774. The van der Waals surface area contributed by atoms with Crippen LogP contribution in [0, 0.1) is 0 Å². The van der Waals surface area contributed by atoms with Crippen LogP contribution in [-0.2, 0) is 4.74 Å². The third-order valence-corrected chi connectivity index (χ3v) is 5.87. The van der Waals surface area contributed by atoms with E-state index in [4.69, 9.17) is 10.5 Å². The molecule has 0 saturated carbocycles. The van der Waals surface area contributed by atoms with E-state index in [2.05, 4.69) is 71.4 Å². The van der Waals surface area contributed by atoms with Crippen LogP contribution in [0.25, 0.3) is 21.8 Å². The lowest BCUT2D eigenvalue weighted by Crippen LogP contribution is -2.34. The Morgan fingerprint density at radius 2 is 1.56 bits per heavy atom. The first kappa shape index (κ1) is 24.5. The van der Waals surface area contributed by atoms with Gasteiger partial charge in [0.25, 0.3) is 0 Å². The van der Waals surface area contributed by atoms with Gasteiger partial charge in [0.05, 0.1) is 47.8 Å². The molecule has 172 valence electrons. The Morgan fingerprint density at radius 3 is 2.06 bits per heavy atom. The van der Waals surface area contributed by atoms with Crippen LogP contribution in [-0.4, -0.2) is 49.9 Å². The molecule has 0 unspecified atom stereocenters. The van der Waals surface area contributed by atoms with Gasteiger partial charge < -0.3 is 20.9 Å². The van der Waals surface area contributed by atoms with Gasteiger partial charge in [-0.05, 0) is 83.8 Å². The number of anilines is 2. The molecule has 32 heavy (non-hydrogen) atoms. The van der Waals surface area contributed by atoms with E-state index in [1.807, 2.05) is 38.1 Å². The maximum absolute atomic E-state index is 9.21. The number of fused-ring (bicyclic) bond motifs is 2. The van der Waals surface area contributed by atoms with Crippen LogP contribution in [0.15, 0.2) is 45.6 Å². The molecule has 1 aliphatic heterocycles. The monoisotopic (exact) mass is 566 g/mol. The summed E-state index contributed by atoms with van der Waals surface area (Å²) in [5, 5.41) is 28.2. The number of nitrogens with one attached hydrogen (secondary N) is 3. The first-order chi connectivity index (χ1) is 15.0. The summed E-state index contributed by atoms with van der Waals surface area (Å²) < 4.78 is 6.80. The summed E-state index contributed by atoms with van der Waals surface area (Å²) in [7, 11) is 0. The van der Waals surface area contributed by atoms with Gasteiger partial charge in [-0.15, -0.1) is 0 Å². The molecule has 0 spiro atoms. The van der Waals surface area contributed by atoms with Crippen LogP contribution in [0.2, 0.25) is 0 Å². The number of nitrogens with zero attached hydrogens (tertiary/aromatic N) is 2. The molecule has 2 aromatic carbocycles. The Bertz CT molecular complexity index is 1200. The number of aromatic amines is 2. The fraction of sp³-hybridized carbons (Fsp3) is 0.364. The molecule has 1 aliphatic rings. The molecule has 4 aromatic rings. The predicted molar refractivity (Wildman–Crippen MR) is 137 cm³/mol. The minimum atomic E-state index is -0.336. The normalized spacial score (nSPS) is 14.3. The van der Waals surface area contributed by atoms with Gasteiger partial charge in [-0.3, -0.25) is 10.2 Å². The van der Waals surface area contributed by atoms with Gasteiger partial charge in [0.15, 0.2) is 0 Å². The van der Waals surface area contributed by atoms with Gasteiger partial charge in [0, 0.05) is 31.1 Å². The molecular formula is C22H28Br2N6O2.